The fourth-order valence-electron chi connectivity index (χ4n) is 2.47. The lowest BCUT2D eigenvalue weighted by molar-refractivity contribution is 0.563. The van der Waals surface area contributed by atoms with Crippen molar-refractivity contribution in [1.82, 2.24) is 29.8 Å². The van der Waals surface area contributed by atoms with Gasteiger partial charge in [0.25, 0.3) is 0 Å². The SMILES string of the molecule is CC(C)(C)c1cc2nnc(-c3nc4ccccc4[nH]3)c(N)n2n1. The summed E-state index contributed by atoms with van der Waals surface area (Å²) >= 11 is 0. The highest BCUT2D eigenvalue weighted by atomic mass is 15.3. The molecule has 0 atom stereocenters. The molecule has 0 aliphatic carbocycles. The molecule has 4 rings (SSSR count). The van der Waals surface area contributed by atoms with Crippen LogP contribution < -0.4 is 5.73 Å². The molecule has 3 N–H and O–H groups in total. The number of H-pyrrole nitrogens is 1. The van der Waals surface area contributed by atoms with Crippen molar-refractivity contribution in [2.75, 3.05) is 5.73 Å². The molecule has 23 heavy (non-hydrogen) atoms. The predicted molar refractivity (Wildman–Crippen MR) is 89.0 cm³/mol. The average molecular weight is 307 g/mol. The van der Waals surface area contributed by atoms with Crippen LogP contribution in [0.25, 0.3) is 28.2 Å². The summed E-state index contributed by atoms with van der Waals surface area (Å²) in [5.41, 5.74) is 10.0. The highest BCUT2D eigenvalue weighted by molar-refractivity contribution is 5.80. The van der Waals surface area contributed by atoms with Crippen LogP contribution in [0.2, 0.25) is 0 Å². The fraction of sp³-hybridized carbons (Fsp3) is 0.250. The lowest BCUT2D eigenvalue weighted by atomic mass is 9.93. The van der Waals surface area contributed by atoms with E-state index in [1.807, 2.05) is 30.3 Å². The standard InChI is InChI=1S/C16H17N7/c1-16(2,3)11-8-12-20-21-13(14(17)23(12)22-11)15-18-9-6-4-5-7-10(9)19-15/h4-8H,17H2,1-3H3,(H,18,19). The molecule has 3 heterocycles. The first-order valence-electron chi connectivity index (χ1n) is 7.41. The van der Waals surface area contributed by atoms with E-state index in [1.165, 1.54) is 0 Å². The first-order chi connectivity index (χ1) is 10.9. The topological polar surface area (TPSA) is 97.8 Å². The molecule has 4 aromatic rings. The average Bonchev–Trinajstić information content (AvgIpc) is 3.11. The lowest BCUT2D eigenvalue weighted by Crippen LogP contribution is -2.12. The summed E-state index contributed by atoms with van der Waals surface area (Å²) in [6.45, 7) is 6.29. The van der Waals surface area contributed by atoms with Crippen LogP contribution in [0.3, 0.4) is 0 Å². The van der Waals surface area contributed by atoms with Crippen LogP contribution in [-0.2, 0) is 5.41 Å². The number of nitrogens with zero attached hydrogens (tertiary/aromatic N) is 5. The molecule has 0 spiro atoms. The Morgan fingerprint density at radius 2 is 1.91 bits per heavy atom. The van der Waals surface area contributed by atoms with E-state index < -0.39 is 0 Å². The van der Waals surface area contributed by atoms with Crippen molar-refractivity contribution in [3.63, 3.8) is 0 Å². The number of hydrogen-bond donors (Lipinski definition) is 2. The van der Waals surface area contributed by atoms with Crippen molar-refractivity contribution in [1.29, 1.82) is 0 Å². The molecule has 7 heteroatoms. The number of nitrogen functional groups attached to an aromatic ring is 1. The van der Waals surface area contributed by atoms with E-state index in [9.17, 15) is 0 Å². The van der Waals surface area contributed by atoms with Gasteiger partial charge in [-0.05, 0) is 12.1 Å². The Kier molecular flexibility index (Phi) is 2.69. The van der Waals surface area contributed by atoms with Crippen molar-refractivity contribution in [2.45, 2.75) is 26.2 Å². The van der Waals surface area contributed by atoms with Gasteiger partial charge in [-0.1, -0.05) is 32.9 Å². The van der Waals surface area contributed by atoms with E-state index in [1.54, 1.807) is 4.52 Å². The highest BCUT2D eigenvalue weighted by Gasteiger charge is 2.21. The minimum absolute atomic E-state index is 0.0837. The highest BCUT2D eigenvalue weighted by Crippen LogP contribution is 2.26. The van der Waals surface area contributed by atoms with E-state index in [0.29, 0.717) is 23.0 Å². The third kappa shape index (κ3) is 2.12. The number of fused-ring (bicyclic) bond motifs is 2. The molecule has 116 valence electrons. The first-order valence-corrected chi connectivity index (χ1v) is 7.41. The van der Waals surface area contributed by atoms with Crippen LogP contribution in [0.4, 0.5) is 5.82 Å². The molecule has 0 bridgehead atoms. The zero-order chi connectivity index (χ0) is 16.2. The summed E-state index contributed by atoms with van der Waals surface area (Å²) in [7, 11) is 0. The smallest absolute Gasteiger partial charge is 0.179 e. The van der Waals surface area contributed by atoms with Crippen molar-refractivity contribution < 1.29 is 0 Å². The minimum atomic E-state index is -0.0837. The number of nitrogens with two attached hydrogens (primary N) is 1. The van der Waals surface area contributed by atoms with E-state index in [4.69, 9.17) is 5.73 Å². The van der Waals surface area contributed by atoms with Gasteiger partial charge in [0, 0.05) is 11.5 Å². The molecule has 0 saturated heterocycles. The number of imidazole rings is 1. The van der Waals surface area contributed by atoms with Crippen molar-refractivity contribution >= 4 is 22.5 Å². The summed E-state index contributed by atoms with van der Waals surface area (Å²) < 4.78 is 1.62. The van der Waals surface area contributed by atoms with Gasteiger partial charge < -0.3 is 10.7 Å². The Bertz CT molecular complexity index is 987. The number of benzene rings is 1. The number of aromatic amines is 1. The Hall–Kier alpha value is -2.96. The van der Waals surface area contributed by atoms with E-state index in [-0.39, 0.29) is 5.41 Å². The third-order valence-electron chi connectivity index (χ3n) is 3.80. The Morgan fingerprint density at radius 3 is 2.65 bits per heavy atom. The Labute approximate surface area is 132 Å². The van der Waals surface area contributed by atoms with Crippen LogP contribution in [0, 0.1) is 0 Å². The van der Waals surface area contributed by atoms with Crippen LogP contribution in [0.1, 0.15) is 26.5 Å². The largest absolute Gasteiger partial charge is 0.382 e. The summed E-state index contributed by atoms with van der Waals surface area (Å²) in [6.07, 6.45) is 0. The quantitative estimate of drug-likeness (QED) is 0.563. The van der Waals surface area contributed by atoms with Crippen molar-refractivity contribution in [3.8, 4) is 11.5 Å². The van der Waals surface area contributed by atoms with E-state index in [0.717, 1.165) is 16.7 Å². The number of anilines is 1. The summed E-state index contributed by atoms with van der Waals surface area (Å²) in [6, 6.07) is 9.69. The maximum absolute atomic E-state index is 6.27. The van der Waals surface area contributed by atoms with Gasteiger partial charge in [0.15, 0.2) is 23.0 Å². The van der Waals surface area contributed by atoms with Gasteiger partial charge in [-0.15, -0.1) is 10.2 Å². The Balaban J connectivity index is 1.92. The molecule has 0 amide bonds. The Morgan fingerprint density at radius 1 is 1.13 bits per heavy atom. The van der Waals surface area contributed by atoms with Crippen LogP contribution >= 0.6 is 0 Å². The molecule has 1 aromatic carbocycles. The van der Waals surface area contributed by atoms with E-state index in [2.05, 4.69) is 46.0 Å². The third-order valence-corrected chi connectivity index (χ3v) is 3.80. The van der Waals surface area contributed by atoms with Gasteiger partial charge in [-0.25, -0.2) is 4.98 Å². The normalized spacial score (nSPS) is 12.3. The van der Waals surface area contributed by atoms with Crippen LogP contribution in [-0.4, -0.2) is 29.8 Å². The predicted octanol–water partition coefficient (Wildman–Crippen LogP) is 2.55. The molecule has 0 fully saturated rings. The zero-order valence-electron chi connectivity index (χ0n) is 13.2. The van der Waals surface area contributed by atoms with E-state index >= 15 is 0 Å². The number of para-hydroxylation sites is 2. The second-order valence-corrected chi connectivity index (χ2v) is 6.59. The van der Waals surface area contributed by atoms with Gasteiger partial charge in [-0.3, -0.25) is 0 Å². The van der Waals surface area contributed by atoms with Crippen molar-refractivity contribution in [2.24, 2.45) is 0 Å². The van der Waals surface area contributed by atoms with Gasteiger partial charge in [0.1, 0.15) is 0 Å². The number of nitrogens with one attached hydrogen (secondary N) is 1. The summed E-state index contributed by atoms with van der Waals surface area (Å²) in [5, 5.41) is 13.0. The molecule has 0 aliphatic rings. The van der Waals surface area contributed by atoms with Gasteiger partial charge >= 0.3 is 0 Å². The molecule has 0 radical (unpaired) electrons. The number of aromatic nitrogens is 6. The van der Waals surface area contributed by atoms with Gasteiger partial charge in [0.05, 0.1) is 16.7 Å². The summed E-state index contributed by atoms with van der Waals surface area (Å²) in [5.74, 6) is 1.01. The fourth-order valence-corrected chi connectivity index (χ4v) is 2.47. The molecule has 3 aromatic heterocycles. The number of rotatable bonds is 1. The van der Waals surface area contributed by atoms with Crippen LogP contribution in [0.5, 0.6) is 0 Å². The van der Waals surface area contributed by atoms with Crippen LogP contribution in [0.15, 0.2) is 30.3 Å². The minimum Gasteiger partial charge on any atom is -0.382 e. The van der Waals surface area contributed by atoms with Gasteiger partial charge in [0.2, 0.25) is 0 Å². The zero-order valence-corrected chi connectivity index (χ0v) is 13.2. The molecule has 7 nitrogen and oxygen atoms in total. The maximum atomic E-state index is 6.27. The molecular formula is C16H17N7. The maximum Gasteiger partial charge on any atom is 0.179 e. The van der Waals surface area contributed by atoms with Gasteiger partial charge in [-0.2, -0.15) is 9.61 Å². The molecule has 0 aliphatic heterocycles. The molecule has 0 saturated carbocycles. The second kappa shape index (κ2) is 4.52. The first kappa shape index (κ1) is 13.7. The van der Waals surface area contributed by atoms with Crippen molar-refractivity contribution in [3.05, 3.63) is 36.0 Å². The molecule has 0 unspecified atom stereocenters. The monoisotopic (exact) mass is 307 g/mol. The molecular weight excluding hydrogens is 290 g/mol. The number of hydrogen-bond acceptors (Lipinski definition) is 5. The lowest BCUT2D eigenvalue weighted by Gasteiger charge is -2.13. The summed E-state index contributed by atoms with van der Waals surface area (Å²) in [4.78, 5) is 7.75. The second-order valence-electron chi connectivity index (χ2n) is 6.59.